The molecule has 7 nitrogen and oxygen atoms in total. The molecule has 0 aliphatic carbocycles. The average molecular weight is 319 g/mol. The molecule has 8 heteroatoms. The molecule has 0 aromatic rings. The van der Waals surface area contributed by atoms with Gasteiger partial charge in [0.2, 0.25) is 0 Å². The van der Waals surface area contributed by atoms with E-state index in [1.807, 2.05) is 0 Å². The minimum absolute atomic E-state index is 0.000231. The predicted molar refractivity (Wildman–Crippen MR) is 74.6 cm³/mol. The van der Waals surface area contributed by atoms with Crippen LogP contribution in [-0.2, 0) is 19.4 Å². The van der Waals surface area contributed by atoms with Crippen molar-refractivity contribution in [3.63, 3.8) is 0 Å². The van der Waals surface area contributed by atoms with Crippen molar-refractivity contribution in [3.8, 4) is 0 Å². The molecule has 1 amide bonds. The van der Waals surface area contributed by atoms with Crippen molar-refractivity contribution in [1.29, 1.82) is 0 Å². The van der Waals surface area contributed by atoms with E-state index in [1.54, 1.807) is 20.8 Å². The Morgan fingerprint density at radius 3 is 2.38 bits per heavy atom. The molecule has 0 aromatic heterocycles. The lowest BCUT2D eigenvalue weighted by Gasteiger charge is -2.26. The molecule has 2 atom stereocenters. The van der Waals surface area contributed by atoms with Gasteiger partial charge in [0.25, 0.3) is 0 Å². The fourth-order valence-corrected chi connectivity index (χ4v) is 5.29. The highest BCUT2D eigenvalue weighted by atomic mass is 32.2. The van der Waals surface area contributed by atoms with Gasteiger partial charge in [-0.3, -0.25) is 4.79 Å². The second-order valence-electron chi connectivity index (χ2n) is 6.96. The van der Waals surface area contributed by atoms with Crippen molar-refractivity contribution < 1.29 is 27.9 Å². The third-order valence-electron chi connectivity index (χ3n) is 4.02. The zero-order chi connectivity index (χ0) is 16.1. The number of carbonyl (C=O) groups excluding carboxylic acids is 1. The number of likely N-dealkylation sites (tertiary alicyclic amines) is 1. The molecule has 2 aliphatic rings. The maximum atomic E-state index is 12.1. The van der Waals surface area contributed by atoms with Gasteiger partial charge in [-0.1, -0.05) is 0 Å². The fraction of sp³-hybridized carbons (Fsp3) is 0.846. The van der Waals surface area contributed by atoms with Gasteiger partial charge in [0, 0.05) is 18.5 Å². The molecule has 0 aromatic carbocycles. The predicted octanol–water partition coefficient (Wildman–Crippen LogP) is 0.743. The van der Waals surface area contributed by atoms with Crippen molar-refractivity contribution in [3.05, 3.63) is 0 Å². The smallest absolute Gasteiger partial charge is 0.410 e. The first-order valence-corrected chi connectivity index (χ1v) is 8.67. The Morgan fingerprint density at radius 2 is 1.95 bits per heavy atom. The number of aliphatic carboxylic acids is 1. The first kappa shape index (κ1) is 16.1. The molecule has 2 unspecified atom stereocenters. The Morgan fingerprint density at radius 1 is 1.33 bits per heavy atom. The first-order valence-electron chi connectivity index (χ1n) is 6.85. The minimum Gasteiger partial charge on any atom is -0.481 e. The van der Waals surface area contributed by atoms with Crippen molar-refractivity contribution in [2.75, 3.05) is 24.6 Å². The molecule has 0 saturated carbocycles. The van der Waals surface area contributed by atoms with Gasteiger partial charge in [-0.05, 0) is 27.2 Å². The number of hydrogen-bond donors (Lipinski definition) is 1. The highest BCUT2D eigenvalue weighted by Crippen LogP contribution is 2.45. The number of carbonyl (C=O) groups is 2. The van der Waals surface area contributed by atoms with Crippen LogP contribution in [0.15, 0.2) is 0 Å². The largest absolute Gasteiger partial charge is 0.481 e. The summed E-state index contributed by atoms with van der Waals surface area (Å²) in [6.45, 7) is 5.31. The lowest BCUT2D eigenvalue weighted by atomic mass is 9.78. The van der Waals surface area contributed by atoms with E-state index in [0.717, 1.165) is 0 Å². The van der Waals surface area contributed by atoms with Crippen molar-refractivity contribution in [1.82, 2.24) is 4.90 Å². The Hall–Kier alpha value is -1.31. The summed E-state index contributed by atoms with van der Waals surface area (Å²) in [6.07, 6.45) is -0.305. The van der Waals surface area contributed by atoms with Crippen molar-refractivity contribution in [2.24, 2.45) is 11.3 Å². The summed E-state index contributed by atoms with van der Waals surface area (Å²) >= 11 is 0. The maximum Gasteiger partial charge on any atom is 0.410 e. The Kier molecular flexibility index (Phi) is 3.72. The molecule has 21 heavy (non-hydrogen) atoms. The molecule has 1 N–H and O–H groups in total. The van der Waals surface area contributed by atoms with Crippen molar-refractivity contribution in [2.45, 2.75) is 32.8 Å². The third-order valence-corrected chi connectivity index (χ3v) is 5.86. The Labute approximate surface area is 124 Å². The summed E-state index contributed by atoms with van der Waals surface area (Å²) in [6, 6.07) is 0. The van der Waals surface area contributed by atoms with Gasteiger partial charge >= 0.3 is 12.1 Å². The van der Waals surface area contributed by atoms with E-state index >= 15 is 0 Å². The molecule has 120 valence electrons. The number of sulfone groups is 1. The van der Waals surface area contributed by atoms with Crippen LogP contribution in [0.5, 0.6) is 0 Å². The molecule has 1 spiro atoms. The number of amides is 1. The molecule has 2 fully saturated rings. The van der Waals surface area contributed by atoms with Crippen LogP contribution >= 0.6 is 0 Å². The number of carboxylic acid groups (broad SMARTS) is 1. The standard InChI is InChI=1S/C13H21NO6S/c1-12(2,3)20-11(17)14-6-9(10(15)16)13(7-14)4-5-21(18,19)8-13/h9H,4-8H2,1-3H3,(H,15,16). The van der Waals surface area contributed by atoms with Crippen LogP contribution in [0, 0.1) is 11.3 Å². The van der Waals surface area contributed by atoms with E-state index in [4.69, 9.17) is 4.74 Å². The van der Waals surface area contributed by atoms with Gasteiger partial charge in [-0.15, -0.1) is 0 Å². The van der Waals surface area contributed by atoms with E-state index in [1.165, 1.54) is 4.90 Å². The van der Waals surface area contributed by atoms with E-state index in [2.05, 4.69) is 0 Å². The second-order valence-corrected chi connectivity index (χ2v) is 9.14. The highest BCUT2D eigenvalue weighted by Gasteiger charge is 2.57. The number of rotatable bonds is 1. The lowest BCUT2D eigenvalue weighted by Crippen LogP contribution is -2.37. The van der Waals surface area contributed by atoms with Crippen LogP contribution in [0.4, 0.5) is 4.79 Å². The van der Waals surface area contributed by atoms with Crippen LogP contribution < -0.4 is 0 Å². The van der Waals surface area contributed by atoms with Crippen LogP contribution in [0.2, 0.25) is 0 Å². The molecular formula is C13H21NO6S. The van der Waals surface area contributed by atoms with Gasteiger partial charge in [-0.2, -0.15) is 0 Å². The number of ether oxygens (including phenoxy) is 1. The summed E-state index contributed by atoms with van der Waals surface area (Å²) < 4.78 is 28.7. The van der Waals surface area contributed by atoms with Gasteiger partial charge < -0.3 is 14.7 Å². The summed E-state index contributed by atoms with van der Waals surface area (Å²) in [5.74, 6) is -2.10. The van der Waals surface area contributed by atoms with E-state index in [0.29, 0.717) is 0 Å². The number of nitrogens with zero attached hydrogens (tertiary/aromatic N) is 1. The van der Waals surface area contributed by atoms with Crippen molar-refractivity contribution >= 4 is 21.9 Å². The molecular weight excluding hydrogens is 298 g/mol. The second kappa shape index (κ2) is 4.86. The highest BCUT2D eigenvalue weighted by molar-refractivity contribution is 7.91. The lowest BCUT2D eigenvalue weighted by molar-refractivity contribution is -0.144. The Balaban J connectivity index is 2.21. The maximum absolute atomic E-state index is 12.1. The van der Waals surface area contributed by atoms with Crippen LogP contribution in [0.1, 0.15) is 27.2 Å². The summed E-state index contributed by atoms with van der Waals surface area (Å²) in [5.41, 5.74) is -1.55. The van der Waals surface area contributed by atoms with Gasteiger partial charge in [0.15, 0.2) is 9.84 Å². The number of hydrogen-bond acceptors (Lipinski definition) is 5. The molecule has 2 saturated heterocycles. The third kappa shape index (κ3) is 3.30. The summed E-state index contributed by atoms with van der Waals surface area (Å²) in [4.78, 5) is 24.9. The average Bonchev–Trinajstić information content (AvgIpc) is 2.78. The molecule has 0 bridgehead atoms. The first-order chi connectivity index (χ1) is 9.44. The number of carboxylic acids is 1. The zero-order valence-electron chi connectivity index (χ0n) is 12.5. The minimum atomic E-state index is -3.23. The fourth-order valence-electron chi connectivity index (χ4n) is 3.12. The molecule has 2 rings (SSSR count). The quantitative estimate of drug-likeness (QED) is 0.765. The normalized spacial score (nSPS) is 31.6. The summed E-state index contributed by atoms with van der Waals surface area (Å²) in [5, 5.41) is 9.37. The van der Waals surface area contributed by atoms with E-state index < -0.39 is 38.8 Å². The van der Waals surface area contributed by atoms with Crippen LogP contribution in [0.3, 0.4) is 0 Å². The van der Waals surface area contributed by atoms with Gasteiger partial charge in [0.05, 0.1) is 17.4 Å². The topological polar surface area (TPSA) is 101 Å². The van der Waals surface area contributed by atoms with Crippen LogP contribution in [-0.4, -0.2) is 60.7 Å². The van der Waals surface area contributed by atoms with E-state index in [9.17, 15) is 23.1 Å². The van der Waals surface area contributed by atoms with Crippen LogP contribution in [0.25, 0.3) is 0 Å². The van der Waals surface area contributed by atoms with E-state index in [-0.39, 0.29) is 31.0 Å². The molecule has 2 aliphatic heterocycles. The Bertz CT molecular complexity index is 564. The molecule has 0 radical (unpaired) electrons. The van der Waals surface area contributed by atoms with Gasteiger partial charge in [0.1, 0.15) is 5.60 Å². The monoisotopic (exact) mass is 319 g/mol. The SMILES string of the molecule is CC(C)(C)OC(=O)N1CC(C(=O)O)C2(CCS(=O)(=O)C2)C1. The summed E-state index contributed by atoms with van der Waals surface area (Å²) in [7, 11) is -3.23. The zero-order valence-corrected chi connectivity index (χ0v) is 13.3. The van der Waals surface area contributed by atoms with Gasteiger partial charge in [-0.25, -0.2) is 13.2 Å². The molecule has 2 heterocycles.